The van der Waals surface area contributed by atoms with Crippen molar-refractivity contribution in [1.82, 2.24) is 14.9 Å². The summed E-state index contributed by atoms with van der Waals surface area (Å²) in [4.78, 5) is 28.0. The van der Waals surface area contributed by atoms with E-state index in [4.69, 9.17) is 9.92 Å². The summed E-state index contributed by atoms with van der Waals surface area (Å²) in [6, 6.07) is 15.3. The van der Waals surface area contributed by atoms with E-state index in [0.29, 0.717) is 35.4 Å². The van der Waals surface area contributed by atoms with Gasteiger partial charge in [-0.1, -0.05) is 30.3 Å². The number of hydrogen-bond donors (Lipinski definition) is 1. The van der Waals surface area contributed by atoms with Crippen molar-refractivity contribution in [2.75, 3.05) is 7.05 Å². The standard InChI is InChI=1S/C23H21N5O4S/c1-28-21(29)23(27-22(28)24,16-6-2-5-15(13-16)20-25-11-4-12-26-20)17-7-3-8-18(14-17)32-33(30,31)19-9-10-19/h2-8,11-14,19H,9-10H2,1H3,(H2,24,27). The summed E-state index contributed by atoms with van der Waals surface area (Å²) >= 11 is 0. The number of nitrogens with two attached hydrogens (primary N) is 1. The summed E-state index contributed by atoms with van der Waals surface area (Å²) < 4.78 is 30.0. The van der Waals surface area contributed by atoms with Gasteiger partial charge in [0.05, 0.1) is 5.25 Å². The van der Waals surface area contributed by atoms with Crippen molar-refractivity contribution in [3.63, 3.8) is 0 Å². The first-order chi connectivity index (χ1) is 15.8. The van der Waals surface area contributed by atoms with Crippen molar-refractivity contribution >= 4 is 22.0 Å². The lowest BCUT2D eigenvalue weighted by atomic mass is 9.82. The molecule has 9 nitrogen and oxygen atoms in total. The largest absolute Gasteiger partial charge is 0.382 e. The Morgan fingerprint density at radius 2 is 1.70 bits per heavy atom. The van der Waals surface area contributed by atoms with Crippen LogP contribution < -0.4 is 9.92 Å². The van der Waals surface area contributed by atoms with Gasteiger partial charge in [0.1, 0.15) is 5.75 Å². The Hall–Kier alpha value is -3.79. The molecule has 2 heterocycles. The number of aliphatic imine (C=N–C) groups is 1. The summed E-state index contributed by atoms with van der Waals surface area (Å²) in [6.45, 7) is 0. The molecule has 0 radical (unpaired) electrons. The lowest BCUT2D eigenvalue weighted by molar-refractivity contribution is -0.129. The van der Waals surface area contributed by atoms with Crippen molar-refractivity contribution in [1.29, 1.82) is 0 Å². The van der Waals surface area contributed by atoms with Crippen LogP contribution in [-0.4, -0.2) is 47.5 Å². The fourth-order valence-corrected chi connectivity index (χ4v) is 5.07. The van der Waals surface area contributed by atoms with Crippen LogP contribution in [0.5, 0.6) is 5.75 Å². The number of rotatable bonds is 6. The highest BCUT2D eigenvalue weighted by Gasteiger charge is 2.50. The predicted octanol–water partition coefficient (Wildman–Crippen LogP) is 2.04. The molecule has 2 aromatic carbocycles. The van der Waals surface area contributed by atoms with E-state index in [1.165, 1.54) is 11.0 Å². The molecule has 0 bridgehead atoms. The van der Waals surface area contributed by atoms with Gasteiger partial charge in [-0.05, 0) is 48.2 Å². The van der Waals surface area contributed by atoms with Crippen LogP contribution >= 0.6 is 0 Å². The van der Waals surface area contributed by atoms with Gasteiger partial charge in [-0.2, -0.15) is 8.42 Å². The smallest absolute Gasteiger partial charge is 0.312 e. The average molecular weight is 464 g/mol. The molecule has 0 saturated heterocycles. The van der Waals surface area contributed by atoms with Crippen LogP contribution in [0, 0.1) is 0 Å². The molecule has 5 rings (SSSR count). The lowest BCUT2D eigenvalue weighted by Gasteiger charge is -2.26. The molecule has 2 N–H and O–H groups in total. The van der Waals surface area contributed by atoms with Crippen LogP contribution in [0.4, 0.5) is 0 Å². The predicted molar refractivity (Wildman–Crippen MR) is 122 cm³/mol. The van der Waals surface area contributed by atoms with Gasteiger partial charge in [0.2, 0.25) is 0 Å². The molecular weight excluding hydrogens is 442 g/mol. The van der Waals surface area contributed by atoms with Crippen LogP contribution in [0.3, 0.4) is 0 Å². The van der Waals surface area contributed by atoms with Crippen molar-refractivity contribution in [3.05, 3.63) is 78.1 Å². The zero-order valence-corrected chi connectivity index (χ0v) is 18.6. The lowest BCUT2D eigenvalue weighted by Crippen LogP contribution is -2.41. The molecule has 1 aromatic heterocycles. The third-order valence-electron chi connectivity index (χ3n) is 5.74. The van der Waals surface area contributed by atoms with Gasteiger partial charge < -0.3 is 9.92 Å². The summed E-state index contributed by atoms with van der Waals surface area (Å²) in [6.07, 6.45) is 4.45. The summed E-state index contributed by atoms with van der Waals surface area (Å²) in [7, 11) is -2.17. The Labute approximate surface area is 191 Å². The molecule has 168 valence electrons. The molecule has 1 amide bonds. The molecule has 33 heavy (non-hydrogen) atoms. The SMILES string of the molecule is CN1C(=O)C(c2cccc(OS(=O)(=O)C3CC3)c2)(c2cccc(-c3ncccn3)c2)N=C1N. The van der Waals surface area contributed by atoms with Crippen molar-refractivity contribution < 1.29 is 17.4 Å². The molecule has 1 aliphatic heterocycles. The Bertz CT molecular complexity index is 1370. The highest BCUT2D eigenvalue weighted by atomic mass is 32.2. The Balaban J connectivity index is 1.64. The van der Waals surface area contributed by atoms with Gasteiger partial charge in [-0.25, -0.2) is 15.0 Å². The highest BCUT2D eigenvalue weighted by molar-refractivity contribution is 7.88. The highest BCUT2D eigenvalue weighted by Crippen LogP contribution is 2.41. The van der Waals surface area contributed by atoms with E-state index in [1.807, 2.05) is 6.07 Å². The molecular formula is C23H21N5O4S. The Morgan fingerprint density at radius 3 is 2.33 bits per heavy atom. The molecule has 1 saturated carbocycles. The van der Waals surface area contributed by atoms with Crippen molar-refractivity contribution in [3.8, 4) is 17.1 Å². The number of amides is 1. The number of hydrogen-bond acceptors (Lipinski definition) is 8. The Morgan fingerprint density at radius 1 is 1.03 bits per heavy atom. The molecule has 10 heteroatoms. The monoisotopic (exact) mass is 463 g/mol. The number of carbonyl (C=O) groups is 1. The van der Waals surface area contributed by atoms with E-state index in [0.717, 1.165) is 0 Å². The molecule has 1 aliphatic carbocycles. The second-order valence-electron chi connectivity index (χ2n) is 8.00. The summed E-state index contributed by atoms with van der Waals surface area (Å²) in [5, 5.41) is -0.481. The number of nitrogens with zero attached hydrogens (tertiary/aromatic N) is 4. The Kier molecular flexibility index (Phi) is 4.89. The maximum absolute atomic E-state index is 13.5. The van der Waals surface area contributed by atoms with Crippen LogP contribution in [0.15, 0.2) is 72.0 Å². The van der Waals surface area contributed by atoms with Gasteiger partial charge in [0.25, 0.3) is 5.91 Å². The van der Waals surface area contributed by atoms with E-state index >= 15 is 0 Å². The first-order valence-corrected chi connectivity index (χ1v) is 11.8. The van der Waals surface area contributed by atoms with Gasteiger partial charge in [-0.15, -0.1) is 0 Å². The minimum atomic E-state index is -3.72. The maximum Gasteiger partial charge on any atom is 0.312 e. The van der Waals surface area contributed by atoms with E-state index in [9.17, 15) is 13.2 Å². The normalized spacial score (nSPS) is 20.6. The number of benzene rings is 2. The second-order valence-corrected chi connectivity index (χ2v) is 9.82. The topological polar surface area (TPSA) is 128 Å². The van der Waals surface area contributed by atoms with E-state index in [-0.39, 0.29) is 17.6 Å². The average Bonchev–Trinajstić information content (AvgIpc) is 3.65. The van der Waals surface area contributed by atoms with E-state index in [1.54, 1.807) is 61.9 Å². The zero-order chi connectivity index (χ0) is 23.2. The van der Waals surface area contributed by atoms with Crippen molar-refractivity contribution in [2.24, 2.45) is 10.7 Å². The molecule has 1 fully saturated rings. The molecule has 1 unspecified atom stereocenters. The first-order valence-electron chi connectivity index (χ1n) is 10.4. The van der Waals surface area contributed by atoms with Crippen LogP contribution in [-0.2, 0) is 20.5 Å². The fraction of sp³-hybridized carbons (Fsp3) is 0.217. The third kappa shape index (κ3) is 3.62. The minimum Gasteiger partial charge on any atom is -0.382 e. The molecule has 1 atom stereocenters. The van der Waals surface area contributed by atoms with Crippen LogP contribution in [0.2, 0.25) is 0 Å². The quantitative estimate of drug-likeness (QED) is 0.554. The summed E-state index contributed by atoms with van der Waals surface area (Å²) in [5.41, 5.74) is 6.24. The van der Waals surface area contributed by atoms with Gasteiger partial charge in [-0.3, -0.25) is 9.69 Å². The second kappa shape index (κ2) is 7.66. The minimum absolute atomic E-state index is 0.0540. The molecule has 3 aromatic rings. The molecule has 0 spiro atoms. The van der Waals surface area contributed by atoms with E-state index < -0.39 is 20.9 Å². The van der Waals surface area contributed by atoms with Crippen molar-refractivity contribution in [2.45, 2.75) is 23.6 Å². The van der Waals surface area contributed by atoms with Gasteiger partial charge >= 0.3 is 10.1 Å². The van der Waals surface area contributed by atoms with Gasteiger partial charge in [0.15, 0.2) is 17.3 Å². The van der Waals surface area contributed by atoms with Crippen LogP contribution in [0.1, 0.15) is 24.0 Å². The number of carbonyl (C=O) groups excluding carboxylic acids is 1. The third-order valence-corrected chi connectivity index (χ3v) is 7.45. The first kappa shape index (κ1) is 21.1. The fourth-order valence-electron chi connectivity index (χ4n) is 3.85. The summed E-state index contributed by atoms with van der Waals surface area (Å²) in [5.74, 6) is 0.307. The zero-order valence-electron chi connectivity index (χ0n) is 17.7. The van der Waals surface area contributed by atoms with Gasteiger partial charge in [0, 0.05) is 25.0 Å². The number of aromatic nitrogens is 2. The van der Waals surface area contributed by atoms with Crippen LogP contribution in [0.25, 0.3) is 11.4 Å². The maximum atomic E-state index is 13.5. The molecule has 2 aliphatic rings. The number of guanidine groups is 1. The number of likely N-dealkylation sites (N-methyl/N-ethyl adjacent to an activating group) is 1. The van der Waals surface area contributed by atoms with E-state index in [2.05, 4.69) is 15.0 Å².